The molecule has 0 aromatic carbocycles. The topological polar surface area (TPSA) is 71.4 Å². The zero-order valence-corrected chi connectivity index (χ0v) is 16.5. The van der Waals surface area contributed by atoms with Gasteiger partial charge in [0.2, 0.25) is 5.43 Å². The van der Waals surface area contributed by atoms with Crippen molar-refractivity contribution < 1.29 is 9.59 Å². The summed E-state index contributed by atoms with van der Waals surface area (Å²) in [7, 11) is 0. The van der Waals surface area contributed by atoms with E-state index in [1.165, 1.54) is 0 Å². The Morgan fingerprint density at radius 1 is 1.19 bits per heavy atom. The van der Waals surface area contributed by atoms with Crippen LogP contribution in [0.5, 0.6) is 0 Å². The van der Waals surface area contributed by atoms with Crippen molar-refractivity contribution in [3.8, 4) is 0 Å². The maximum absolute atomic E-state index is 13.0. The number of aromatic nitrogens is 1. The molecule has 1 aromatic rings. The van der Waals surface area contributed by atoms with E-state index in [9.17, 15) is 14.4 Å². The molecule has 1 atom stereocenters. The fourth-order valence-corrected chi connectivity index (χ4v) is 3.15. The highest BCUT2D eigenvalue weighted by molar-refractivity contribution is 5.99. The smallest absolute Gasteiger partial charge is 0.259 e. The predicted molar refractivity (Wildman–Crippen MR) is 103 cm³/mol. The van der Waals surface area contributed by atoms with Crippen LogP contribution in [0.15, 0.2) is 17.2 Å². The van der Waals surface area contributed by atoms with Crippen LogP contribution in [0.2, 0.25) is 0 Å². The van der Waals surface area contributed by atoms with Crippen molar-refractivity contribution in [2.75, 3.05) is 19.6 Å². The van der Waals surface area contributed by atoms with Gasteiger partial charge in [-0.2, -0.15) is 0 Å². The molecule has 6 nitrogen and oxygen atoms in total. The Hall–Kier alpha value is -2.11. The molecule has 1 aliphatic rings. The lowest BCUT2D eigenvalue weighted by atomic mass is 9.99. The molecule has 2 amide bonds. The quantitative estimate of drug-likeness (QED) is 0.876. The Bertz CT molecular complexity index is 722. The van der Waals surface area contributed by atoms with Gasteiger partial charge in [-0.1, -0.05) is 20.8 Å². The highest BCUT2D eigenvalue weighted by atomic mass is 16.2. The highest BCUT2D eigenvalue weighted by Crippen LogP contribution is 2.18. The summed E-state index contributed by atoms with van der Waals surface area (Å²) < 4.78 is 1.77. The number of likely N-dealkylation sites (tertiary alicyclic amines) is 1. The standard InChI is InChI=1S/C20H31N3O3/c1-13(2)9-21-19(25)16-11-23(14(3)4)12-17(18(16)24)20(26)22-8-6-7-15(5)10-22/h11-15H,6-10H2,1-5H3,(H,21,25). The van der Waals surface area contributed by atoms with Crippen molar-refractivity contribution in [1.82, 2.24) is 14.8 Å². The summed E-state index contributed by atoms with van der Waals surface area (Å²) in [6.45, 7) is 11.8. The van der Waals surface area contributed by atoms with Crippen LogP contribution in [0.25, 0.3) is 0 Å². The molecule has 1 N–H and O–H groups in total. The normalized spacial score (nSPS) is 17.7. The Labute approximate surface area is 155 Å². The largest absolute Gasteiger partial charge is 0.352 e. The summed E-state index contributed by atoms with van der Waals surface area (Å²) in [4.78, 5) is 40.1. The average Bonchev–Trinajstić information content (AvgIpc) is 2.59. The summed E-state index contributed by atoms with van der Waals surface area (Å²) in [5.41, 5.74) is -0.355. The molecule has 144 valence electrons. The third-order valence-corrected chi connectivity index (χ3v) is 4.73. The first-order chi connectivity index (χ1) is 12.2. The number of nitrogens with zero attached hydrogens (tertiary/aromatic N) is 2. The Morgan fingerprint density at radius 2 is 1.85 bits per heavy atom. The van der Waals surface area contributed by atoms with E-state index in [0.717, 1.165) is 12.8 Å². The first kappa shape index (κ1) is 20.2. The van der Waals surface area contributed by atoms with Crippen molar-refractivity contribution in [1.29, 1.82) is 0 Å². The van der Waals surface area contributed by atoms with Gasteiger partial charge < -0.3 is 14.8 Å². The van der Waals surface area contributed by atoms with Gasteiger partial charge in [-0.15, -0.1) is 0 Å². The van der Waals surface area contributed by atoms with Crippen molar-refractivity contribution in [2.24, 2.45) is 11.8 Å². The number of hydrogen-bond donors (Lipinski definition) is 1. The van der Waals surface area contributed by atoms with Crippen LogP contribution in [-0.2, 0) is 0 Å². The monoisotopic (exact) mass is 361 g/mol. The molecular weight excluding hydrogens is 330 g/mol. The first-order valence-corrected chi connectivity index (χ1v) is 9.54. The minimum atomic E-state index is -0.480. The number of pyridine rings is 1. The lowest BCUT2D eigenvalue weighted by molar-refractivity contribution is 0.0680. The minimum absolute atomic E-state index is 0.0373. The van der Waals surface area contributed by atoms with Gasteiger partial charge in [0.05, 0.1) is 0 Å². The molecule has 0 spiro atoms. The molecule has 0 aliphatic carbocycles. The van der Waals surface area contributed by atoms with E-state index in [1.807, 2.05) is 27.7 Å². The van der Waals surface area contributed by atoms with Crippen LogP contribution in [0.1, 0.15) is 74.2 Å². The van der Waals surface area contributed by atoms with E-state index in [2.05, 4.69) is 12.2 Å². The fourth-order valence-electron chi connectivity index (χ4n) is 3.15. The number of carbonyl (C=O) groups is 2. The lowest BCUT2D eigenvalue weighted by Gasteiger charge is -2.31. The van der Waals surface area contributed by atoms with E-state index in [1.54, 1.807) is 21.9 Å². The second-order valence-corrected chi connectivity index (χ2v) is 8.06. The van der Waals surface area contributed by atoms with Gasteiger partial charge in [0, 0.05) is 38.1 Å². The van der Waals surface area contributed by atoms with Gasteiger partial charge in [0.25, 0.3) is 11.8 Å². The van der Waals surface area contributed by atoms with Gasteiger partial charge >= 0.3 is 0 Å². The van der Waals surface area contributed by atoms with Crippen LogP contribution in [-0.4, -0.2) is 40.9 Å². The third-order valence-electron chi connectivity index (χ3n) is 4.73. The molecule has 1 aliphatic heterocycles. The molecule has 1 fully saturated rings. The zero-order chi connectivity index (χ0) is 19.4. The molecule has 6 heteroatoms. The van der Waals surface area contributed by atoms with Crippen molar-refractivity contribution in [3.05, 3.63) is 33.7 Å². The number of amides is 2. The summed E-state index contributed by atoms with van der Waals surface area (Å²) >= 11 is 0. The molecule has 26 heavy (non-hydrogen) atoms. The number of nitrogens with one attached hydrogen (secondary N) is 1. The molecule has 1 aromatic heterocycles. The van der Waals surface area contributed by atoms with Crippen molar-refractivity contribution >= 4 is 11.8 Å². The van der Waals surface area contributed by atoms with Crippen LogP contribution in [0, 0.1) is 11.8 Å². The highest BCUT2D eigenvalue weighted by Gasteiger charge is 2.26. The van der Waals surface area contributed by atoms with E-state index in [4.69, 9.17) is 0 Å². The predicted octanol–water partition coefficient (Wildman–Crippen LogP) is 2.69. The number of hydrogen-bond acceptors (Lipinski definition) is 3. The summed E-state index contributed by atoms with van der Waals surface area (Å²) in [5.74, 6) is 0.0256. The molecule has 2 rings (SSSR count). The van der Waals surface area contributed by atoms with Crippen LogP contribution in [0.3, 0.4) is 0 Å². The number of piperidine rings is 1. The van der Waals surface area contributed by atoms with Crippen molar-refractivity contribution in [3.63, 3.8) is 0 Å². The van der Waals surface area contributed by atoms with Gasteiger partial charge in [0.1, 0.15) is 11.1 Å². The van der Waals surface area contributed by atoms with E-state index in [-0.39, 0.29) is 29.0 Å². The second-order valence-electron chi connectivity index (χ2n) is 8.06. The molecule has 1 unspecified atom stereocenters. The SMILES string of the molecule is CC(C)CNC(=O)c1cn(C(C)C)cc(C(=O)N2CCCC(C)C2)c1=O. The summed E-state index contributed by atoms with van der Waals surface area (Å²) in [5, 5.41) is 2.78. The molecule has 0 bridgehead atoms. The van der Waals surface area contributed by atoms with Crippen LogP contribution in [0.4, 0.5) is 0 Å². The molecule has 0 saturated carbocycles. The van der Waals surface area contributed by atoms with Gasteiger partial charge in [-0.05, 0) is 38.5 Å². The summed E-state index contributed by atoms with van der Waals surface area (Å²) in [6, 6.07) is 0.0408. The van der Waals surface area contributed by atoms with Gasteiger partial charge in [-0.3, -0.25) is 14.4 Å². The lowest BCUT2D eigenvalue weighted by Crippen LogP contribution is -2.42. The second kappa shape index (κ2) is 8.52. The molecule has 2 heterocycles. The van der Waals surface area contributed by atoms with Crippen LogP contribution >= 0.6 is 0 Å². The fraction of sp³-hybridized carbons (Fsp3) is 0.650. The van der Waals surface area contributed by atoms with Gasteiger partial charge in [-0.25, -0.2) is 0 Å². The summed E-state index contributed by atoms with van der Waals surface area (Å²) in [6.07, 6.45) is 5.18. The maximum Gasteiger partial charge on any atom is 0.259 e. The maximum atomic E-state index is 13.0. The Balaban J connectivity index is 2.40. The van der Waals surface area contributed by atoms with Crippen LogP contribution < -0.4 is 10.7 Å². The average molecular weight is 361 g/mol. The number of rotatable bonds is 5. The molecular formula is C20H31N3O3. The minimum Gasteiger partial charge on any atom is -0.352 e. The zero-order valence-electron chi connectivity index (χ0n) is 16.5. The van der Waals surface area contributed by atoms with E-state index >= 15 is 0 Å². The third kappa shape index (κ3) is 4.74. The molecule has 1 saturated heterocycles. The van der Waals surface area contributed by atoms with E-state index < -0.39 is 11.3 Å². The van der Waals surface area contributed by atoms with Gasteiger partial charge in [0.15, 0.2) is 0 Å². The first-order valence-electron chi connectivity index (χ1n) is 9.54. The number of carbonyl (C=O) groups excluding carboxylic acids is 2. The van der Waals surface area contributed by atoms with Crippen molar-refractivity contribution in [2.45, 2.75) is 53.5 Å². The molecule has 0 radical (unpaired) electrons. The van der Waals surface area contributed by atoms with E-state index in [0.29, 0.717) is 25.6 Å². The Morgan fingerprint density at radius 3 is 2.42 bits per heavy atom. The Kier molecular flexibility index (Phi) is 6.62.